The van der Waals surface area contributed by atoms with Gasteiger partial charge in [-0.15, -0.1) is 0 Å². The van der Waals surface area contributed by atoms with Gasteiger partial charge >= 0.3 is 0 Å². The van der Waals surface area contributed by atoms with Crippen molar-refractivity contribution in [2.75, 3.05) is 26.1 Å². The van der Waals surface area contributed by atoms with E-state index in [9.17, 15) is 9.18 Å². The van der Waals surface area contributed by atoms with E-state index in [-0.39, 0.29) is 17.5 Å². The molecule has 0 aliphatic rings. The van der Waals surface area contributed by atoms with Gasteiger partial charge in [-0.25, -0.2) is 14.4 Å². The molecule has 1 heterocycles. The number of nitrogens with zero attached hydrogens (tertiary/aromatic N) is 2. The van der Waals surface area contributed by atoms with Crippen LogP contribution < -0.4 is 20.1 Å². The maximum Gasteiger partial charge on any atom is 0.254 e. The van der Waals surface area contributed by atoms with Gasteiger partial charge in [0.25, 0.3) is 5.91 Å². The number of aromatic nitrogens is 2. The van der Waals surface area contributed by atoms with Gasteiger partial charge < -0.3 is 20.1 Å². The summed E-state index contributed by atoms with van der Waals surface area (Å²) < 4.78 is 24.1. The van der Waals surface area contributed by atoms with Crippen molar-refractivity contribution < 1.29 is 18.7 Å². The van der Waals surface area contributed by atoms with E-state index in [2.05, 4.69) is 20.6 Å². The van der Waals surface area contributed by atoms with Crippen molar-refractivity contribution in [3.63, 3.8) is 0 Å². The summed E-state index contributed by atoms with van der Waals surface area (Å²) in [6, 6.07) is 11.8. The summed E-state index contributed by atoms with van der Waals surface area (Å²) in [4.78, 5) is 20.4. The Morgan fingerprint density at radius 3 is 2.45 bits per heavy atom. The zero-order valence-electron chi connectivity index (χ0n) is 16.1. The van der Waals surface area contributed by atoms with Crippen LogP contribution in [0.4, 0.5) is 16.0 Å². The van der Waals surface area contributed by atoms with Crippen LogP contribution in [0.3, 0.4) is 0 Å². The highest BCUT2D eigenvalue weighted by molar-refractivity contribution is 5.93. The number of hydrogen-bond donors (Lipinski definition) is 2. The smallest absolute Gasteiger partial charge is 0.254 e. The molecule has 1 amide bonds. The van der Waals surface area contributed by atoms with Crippen LogP contribution in [0.25, 0.3) is 0 Å². The van der Waals surface area contributed by atoms with Crippen LogP contribution in [0.2, 0.25) is 0 Å². The summed E-state index contributed by atoms with van der Waals surface area (Å²) in [6.45, 7) is 0.434. The molecule has 7 nitrogen and oxygen atoms in total. The molecule has 3 aromatic rings. The normalized spacial score (nSPS) is 10.3. The summed E-state index contributed by atoms with van der Waals surface area (Å²) in [5.41, 5.74) is 1.58. The van der Waals surface area contributed by atoms with Crippen LogP contribution in [0.15, 0.2) is 54.9 Å². The van der Waals surface area contributed by atoms with E-state index in [4.69, 9.17) is 9.47 Å². The molecule has 1 aromatic heterocycles. The largest absolute Gasteiger partial charge is 0.493 e. The summed E-state index contributed by atoms with van der Waals surface area (Å²) in [5.74, 6) is 0.803. The molecule has 0 spiro atoms. The van der Waals surface area contributed by atoms with Gasteiger partial charge in [0.1, 0.15) is 5.82 Å². The van der Waals surface area contributed by atoms with Crippen molar-refractivity contribution in [1.29, 1.82) is 0 Å². The Hall–Kier alpha value is -3.68. The number of anilines is 2. The molecule has 0 fully saturated rings. The quantitative estimate of drug-likeness (QED) is 0.607. The van der Waals surface area contributed by atoms with Gasteiger partial charge in [-0.1, -0.05) is 18.2 Å². The van der Waals surface area contributed by atoms with Gasteiger partial charge in [-0.3, -0.25) is 4.79 Å². The lowest BCUT2D eigenvalue weighted by Gasteiger charge is -2.10. The molecule has 3 rings (SSSR count). The van der Waals surface area contributed by atoms with Crippen molar-refractivity contribution in [2.45, 2.75) is 6.42 Å². The maximum atomic E-state index is 13.7. The first-order chi connectivity index (χ1) is 14.1. The molecular formula is C21H21FN4O3. The second kappa shape index (κ2) is 9.50. The van der Waals surface area contributed by atoms with E-state index in [1.807, 2.05) is 18.2 Å². The minimum atomic E-state index is -0.409. The first kappa shape index (κ1) is 20.1. The minimum Gasteiger partial charge on any atom is -0.493 e. The van der Waals surface area contributed by atoms with Crippen LogP contribution in [-0.4, -0.2) is 36.6 Å². The van der Waals surface area contributed by atoms with Crippen molar-refractivity contribution in [3.8, 4) is 11.5 Å². The first-order valence-electron chi connectivity index (χ1n) is 8.93. The molecule has 0 bridgehead atoms. The van der Waals surface area contributed by atoms with Crippen molar-refractivity contribution in [2.24, 2.45) is 0 Å². The third kappa shape index (κ3) is 5.19. The maximum absolute atomic E-state index is 13.7. The Bertz CT molecular complexity index is 980. The number of rotatable bonds is 8. The lowest BCUT2D eigenvalue weighted by molar-refractivity contribution is 0.0953. The topological polar surface area (TPSA) is 85.4 Å². The Labute approximate surface area is 167 Å². The molecule has 8 heteroatoms. The zero-order valence-corrected chi connectivity index (χ0v) is 16.1. The summed E-state index contributed by atoms with van der Waals surface area (Å²) in [5, 5.41) is 5.59. The fraction of sp³-hybridized carbons (Fsp3) is 0.190. The fourth-order valence-electron chi connectivity index (χ4n) is 2.65. The van der Waals surface area contributed by atoms with Gasteiger partial charge in [0.15, 0.2) is 11.5 Å². The van der Waals surface area contributed by atoms with Crippen LogP contribution >= 0.6 is 0 Å². The second-order valence-corrected chi connectivity index (χ2v) is 6.10. The monoisotopic (exact) mass is 396 g/mol. The van der Waals surface area contributed by atoms with E-state index < -0.39 is 5.82 Å². The molecule has 0 saturated carbocycles. The molecule has 2 N–H and O–H groups in total. The number of halogens is 1. The highest BCUT2D eigenvalue weighted by atomic mass is 19.1. The highest BCUT2D eigenvalue weighted by Gasteiger charge is 2.09. The number of nitrogens with one attached hydrogen (secondary N) is 2. The van der Waals surface area contributed by atoms with Gasteiger partial charge in [0.2, 0.25) is 5.95 Å². The summed E-state index contributed by atoms with van der Waals surface area (Å²) in [7, 11) is 3.16. The van der Waals surface area contributed by atoms with Crippen LogP contribution in [0, 0.1) is 5.82 Å². The minimum absolute atomic E-state index is 0.206. The third-order valence-electron chi connectivity index (χ3n) is 4.18. The van der Waals surface area contributed by atoms with Gasteiger partial charge in [-0.2, -0.15) is 0 Å². The number of amides is 1. The zero-order chi connectivity index (χ0) is 20.6. The molecule has 29 heavy (non-hydrogen) atoms. The number of benzene rings is 2. The number of hydrogen-bond acceptors (Lipinski definition) is 6. The first-order valence-corrected chi connectivity index (χ1v) is 8.93. The molecular weight excluding hydrogens is 375 g/mol. The van der Waals surface area contributed by atoms with E-state index in [1.54, 1.807) is 32.4 Å². The number of carbonyl (C=O) groups is 1. The van der Waals surface area contributed by atoms with E-state index in [1.165, 1.54) is 18.5 Å². The van der Waals surface area contributed by atoms with Gasteiger partial charge in [0, 0.05) is 18.9 Å². The Morgan fingerprint density at radius 1 is 1.03 bits per heavy atom. The third-order valence-corrected chi connectivity index (χ3v) is 4.18. The Kier molecular flexibility index (Phi) is 6.57. The molecule has 0 atom stereocenters. The molecule has 0 saturated heterocycles. The number of para-hydroxylation sites is 1. The lowest BCUT2D eigenvalue weighted by atomic mass is 10.1. The van der Waals surface area contributed by atoms with Gasteiger partial charge in [-0.05, 0) is 36.2 Å². The van der Waals surface area contributed by atoms with Crippen LogP contribution in [0.1, 0.15) is 15.9 Å². The van der Waals surface area contributed by atoms with Crippen molar-refractivity contribution in [3.05, 3.63) is 71.8 Å². The predicted octanol–water partition coefficient (Wildman–Crippen LogP) is 3.35. The van der Waals surface area contributed by atoms with E-state index >= 15 is 0 Å². The average molecular weight is 396 g/mol. The molecule has 0 radical (unpaired) electrons. The molecule has 2 aromatic carbocycles. The summed E-state index contributed by atoms with van der Waals surface area (Å²) in [6.07, 6.45) is 3.41. The van der Waals surface area contributed by atoms with Crippen molar-refractivity contribution >= 4 is 17.5 Å². The SMILES string of the molecule is COc1ccc(CCNC(=O)c2cnc(Nc3ccccc3F)nc2)cc1OC. The van der Waals surface area contributed by atoms with Gasteiger partial charge in [0.05, 0.1) is 25.5 Å². The molecule has 0 aliphatic carbocycles. The second-order valence-electron chi connectivity index (χ2n) is 6.10. The fourth-order valence-corrected chi connectivity index (χ4v) is 2.65. The average Bonchev–Trinajstić information content (AvgIpc) is 2.75. The standard InChI is InChI=1S/C21H21FN4O3/c1-28-18-8-7-14(11-19(18)29-2)9-10-23-20(27)15-12-24-21(25-13-15)26-17-6-4-3-5-16(17)22/h3-8,11-13H,9-10H2,1-2H3,(H,23,27)(H,24,25,26). The predicted molar refractivity (Wildman–Crippen MR) is 107 cm³/mol. The van der Waals surface area contributed by atoms with Crippen molar-refractivity contribution in [1.82, 2.24) is 15.3 Å². The number of methoxy groups -OCH3 is 2. The molecule has 0 unspecified atom stereocenters. The molecule has 0 aliphatic heterocycles. The highest BCUT2D eigenvalue weighted by Crippen LogP contribution is 2.27. The van der Waals surface area contributed by atoms with Crippen LogP contribution in [-0.2, 0) is 6.42 Å². The van der Waals surface area contributed by atoms with Crippen LogP contribution in [0.5, 0.6) is 11.5 Å². The Morgan fingerprint density at radius 2 is 1.76 bits per heavy atom. The number of ether oxygens (including phenoxy) is 2. The summed E-state index contributed by atoms with van der Waals surface area (Å²) >= 11 is 0. The number of carbonyl (C=O) groups excluding carboxylic acids is 1. The molecule has 150 valence electrons. The lowest BCUT2D eigenvalue weighted by Crippen LogP contribution is -2.26. The van der Waals surface area contributed by atoms with E-state index in [0.29, 0.717) is 30.0 Å². The van der Waals surface area contributed by atoms with E-state index in [0.717, 1.165) is 5.56 Å². The Balaban J connectivity index is 1.54.